The molecule has 0 bridgehead atoms. The minimum atomic E-state index is -0.275. The Kier molecular flexibility index (Phi) is 5.23. The molecule has 0 saturated carbocycles. The third-order valence-electron chi connectivity index (χ3n) is 2.92. The fourth-order valence-electron chi connectivity index (χ4n) is 1.85. The molecule has 1 aromatic rings. The molecule has 0 spiro atoms. The van der Waals surface area contributed by atoms with Crippen LogP contribution in [-0.2, 0) is 6.42 Å². The Morgan fingerprint density at radius 2 is 2.06 bits per heavy atom. The van der Waals surface area contributed by atoms with E-state index >= 15 is 0 Å². The normalized spacial score (nSPS) is 13.1. The molecule has 1 unspecified atom stereocenters. The molecule has 0 fully saturated rings. The Balaban J connectivity index is 2.60. The fourth-order valence-corrected chi connectivity index (χ4v) is 2.11. The van der Waals surface area contributed by atoms with Crippen LogP contribution in [0.3, 0.4) is 0 Å². The summed E-state index contributed by atoms with van der Waals surface area (Å²) in [6.07, 6.45) is 1.89. The predicted octanol–water partition coefficient (Wildman–Crippen LogP) is 3.66. The molecule has 0 aliphatic carbocycles. The Bertz CT molecular complexity index is 339. The summed E-state index contributed by atoms with van der Waals surface area (Å²) in [5.74, 6) is 0.312. The zero-order valence-electron chi connectivity index (χ0n) is 10.1. The lowest BCUT2D eigenvalue weighted by molar-refractivity contribution is 0.403. The van der Waals surface area contributed by atoms with Crippen molar-refractivity contribution in [1.82, 2.24) is 5.32 Å². The van der Waals surface area contributed by atoms with Crippen molar-refractivity contribution >= 4 is 11.6 Å². The number of nitrogens with one attached hydrogen (secondary N) is 1. The van der Waals surface area contributed by atoms with Gasteiger partial charge in [-0.1, -0.05) is 31.5 Å². The molecule has 0 radical (unpaired) electrons. The zero-order valence-corrected chi connectivity index (χ0v) is 10.8. The smallest absolute Gasteiger partial charge is 0.124 e. The molecule has 0 aromatic heterocycles. The van der Waals surface area contributed by atoms with Crippen molar-refractivity contribution in [2.24, 2.45) is 5.92 Å². The highest BCUT2D eigenvalue weighted by Gasteiger charge is 2.11. The van der Waals surface area contributed by atoms with Crippen molar-refractivity contribution in [3.63, 3.8) is 0 Å². The number of aryl methyl sites for hydroxylation is 1. The summed E-state index contributed by atoms with van der Waals surface area (Å²) < 4.78 is 12.8. The first-order valence-corrected chi connectivity index (χ1v) is 6.03. The van der Waals surface area contributed by atoms with Crippen molar-refractivity contribution in [3.8, 4) is 0 Å². The van der Waals surface area contributed by atoms with Crippen LogP contribution < -0.4 is 5.32 Å². The molecule has 90 valence electrons. The van der Waals surface area contributed by atoms with E-state index in [0.717, 1.165) is 18.4 Å². The van der Waals surface area contributed by atoms with Crippen LogP contribution in [0.25, 0.3) is 0 Å². The zero-order chi connectivity index (χ0) is 12.1. The maximum absolute atomic E-state index is 12.8. The summed E-state index contributed by atoms with van der Waals surface area (Å²) in [5, 5.41) is 3.81. The molecule has 0 heterocycles. The number of rotatable bonds is 5. The molecule has 1 nitrogen and oxygen atoms in total. The molecule has 0 aliphatic rings. The lowest BCUT2D eigenvalue weighted by atomic mass is 9.97. The summed E-state index contributed by atoms with van der Waals surface area (Å²) in [6.45, 7) is 4.38. The van der Waals surface area contributed by atoms with Gasteiger partial charge >= 0.3 is 0 Å². The first-order valence-electron chi connectivity index (χ1n) is 5.65. The summed E-state index contributed by atoms with van der Waals surface area (Å²) in [5.41, 5.74) is 1.02. The van der Waals surface area contributed by atoms with E-state index in [9.17, 15) is 4.39 Å². The Morgan fingerprint density at radius 3 is 2.56 bits per heavy atom. The molecule has 0 aliphatic heterocycles. The SMILES string of the molecule is CNC(CCc1ccc(F)cc1Cl)C(C)C. The van der Waals surface area contributed by atoms with E-state index in [1.165, 1.54) is 12.1 Å². The number of hydrogen-bond acceptors (Lipinski definition) is 1. The molecule has 1 N–H and O–H groups in total. The van der Waals surface area contributed by atoms with Gasteiger partial charge in [0.25, 0.3) is 0 Å². The standard InChI is InChI=1S/C13H19ClFN/c1-9(2)13(16-3)7-5-10-4-6-11(15)8-12(10)14/h4,6,8-9,13,16H,5,7H2,1-3H3. The monoisotopic (exact) mass is 243 g/mol. The first kappa shape index (κ1) is 13.5. The van der Waals surface area contributed by atoms with Crippen LogP contribution in [0.5, 0.6) is 0 Å². The molecule has 0 amide bonds. The quantitative estimate of drug-likeness (QED) is 0.832. The summed E-state index contributed by atoms with van der Waals surface area (Å²) in [6, 6.07) is 5.08. The second-order valence-electron chi connectivity index (χ2n) is 4.41. The highest BCUT2D eigenvalue weighted by atomic mass is 35.5. The van der Waals surface area contributed by atoms with E-state index < -0.39 is 0 Å². The summed E-state index contributed by atoms with van der Waals surface area (Å²) in [7, 11) is 1.97. The lowest BCUT2D eigenvalue weighted by Crippen LogP contribution is -2.31. The largest absolute Gasteiger partial charge is 0.317 e. The van der Waals surface area contributed by atoms with Crippen molar-refractivity contribution in [2.45, 2.75) is 32.7 Å². The van der Waals surface area contributed by atoms with Gasteiger partial charge in [-0.15, -0.1) is 0 Å². The van der Waals surface area contributed by atoms with Crippen LogP contribution in [0.4, 0.5) is 4.39 Å². The van der Waals surface area contributed by atoms with Gasteiger partial charge in [0.1, 0.15) is 5.82 Å². The second kappa shape index (κ2) is 6.21. The first-order chi connectivity index (χ1) is 7.54. The van der Waals surface area contributed by atoms with E-state index in [2.05, 4.69) is 19.2 Å². The van der Waals surface area contributed by atoms with Gasteiger partial charge in [0.2, 0.25) is 0 Å². The van der Waals surface area contributed by atoms with Gasteiger partial charge in [-0.25, -0.2) is 4.39 Å². The lowest BCUT2D eigenvalue weighted by Gasteiger charge is -2.20. The summed E-state index contributed by atoms with van der Waals surface area (Å²) >= 11 is 5.98. The second-order valence-corrected chi connectivity index (χ2v) is 4.82. The van der Waals surface area contributed by atoms with Gasteiger partial charge in [-0.3, -0.25) is 0 Å². The third-order valence-corrected chi connectivity index (χ3v) is 3.27. The summed E-state index contributed by atoms with van der Waals surface area (Å²) in [4.78, 5) is 0. The van der Waals surface area contributed by atoms with E-state index in [4.69, 9.17) is 11.6 Å². The van der Waals surface area contributed by atoms with Gasteiger partial charge in [-0.05, 0) is 43.5 Å². The van der Waals surface area contributed by atoms with E-state index in [0.29, 0.717) is 17.0 Å². The average Bonchev–Trinajstić information content (AvgIpc) is 2.21. The maximum Gasteiger partial charge on any atom is 0.124 e. The van der Waals surface area contributed by atoms with Gasteiger partial charge in [0.15, 0.2) is 0 Å². The van der Waals surface area contributed by atoms with Gasteiger partial charge in [0.05, 0.1) is 0 Å². The molecule has 3 heteroatoms. The van der Waals surface area contributed by atoms with Crippen LogP contribution in [0.1, 0.15) is 25.8 Å². The molecule has 1 aromatic carbocycles. The molecular weight excluding hydrogens is 225 g/mol. The van der Waals surface area contributed by atoms with Crippen LogP contribution in [0, 0.1) is 11.7 Å². The van der Waals surface area contributed by atoms with Gasteiger partial charge in [0, 0.05) is 11.1 Å². The van der Waals surface area contributed by atoms with Crippen LogP contribution in [-0.4, -0.2) is 13.1 Å². The third kappa shape index (κ3) is 3.76. The van der Waals surface area contributed by atoms with Gasteiger partial charge in [-0.2, -0.15) is 0 Å². The molecular formula is C13H19ClFN. The Hall–Kier alpha value is -0.600. The minimum Gasteiger partial charge on any atom is -0.317 e. The predicted molar refractivity (Wildman–Crippen MR) is 67.4 cm³/mol. The molecule has 1 rings (SSSR count). The van der Waals surface area contributed by atoms with Crippen LogP contribution in [0.2, 0.25) is 5.02 Å². The number of halogens is 2. The molecule has 16 heavy (non-hydrogen) atoms. The topological polar surface area (TPSA) is 12.0 Å². The molecule has 0 saturated heterocycles. The number of benzene rings is 1. The van der Waals surface area contributed by atoms with E-state index in [1.807, 2.05) is 7.05 Å². The number of hydrogen-bond donors (Lipinski definition) is 1. The fraction of sp³-hybridized carbons (Fsp3) is 0.538. The van der Waals surface area contributed by atoms with Crippen LogP contribution >= 0.6 is 11.6 Å². The van der Waals surface area contributed by atoms with Crippen molar-refractivity contribution in [3.05, 3.63) is 34.6 Å². The Labute approximate surface area is 102 Å². The highest BCUT2D eigenvalue weighted by Crippen LogP contribution is 2.20. The average molecular weight is 244 g/mol. The van der Waals surface area contributed by atoms with Crippen LogP contribution in [0.15, 0.2) is 18.2 Å². The maximum atomic E-state index is 12.8. The van der Waals surface area contributed by atoms with Crippen molar-refractivity contribution < 1.29 is 4.39 Å². The Morgan fingerprint density at radius 1 is 1.38 bits per heavy atom. The van der Waals surface area contributed by atoms with Crippen molar-refractivity contribution in [2.75, 3.05) is 7.05 Å². The molecule has 1 atom stereocenters. The minimum absolute atomic E-state index is 0.275. The van der Waals surface area contributed by atoms with E-state index in [1.54, 1.807) is 6.07 Å². The highest BCUT2D eigenvalue weighted by molar-refractivity contribution is 6.31. The van der Waals surface area contributed by atoms with E-state index in [-0.39, 0.29) is 5.82 Å². The van der Waals surface area contributed by atoms with Crippen molar-refractivity contribution in [1.29, 1.82) is 0 Å². The van der Waals surface area contributed by atoms with Gasteiger partial charge < -0.3 is 5.32 Å².